The Kier molecular flexibility index (Phi) is 4.37. The van der Waals surface area contributed by atoms with Crippen LogP contribution in [0.2, 0.25) is 0 Å². The van der Waals surface area contributed by atoms with Crippen molar-refractivity contribution in [2.24, 2.45) is 0 Å². The van der Waals surface area contributed by atoms with E-state index in [1.54, 1.807) is 0 Å². The molecule has 0 fully saturated rings. The highest BCUT2D eigenvalue weighted by Crippen LogP contribution is 2.04. The van der Waals surface area contributed by atoms with Crippen molar-refractivity contribution in [3.8, 4) is 0 Å². The van der Waals surface area contributed by atoms with Gasteiger partial charge in [0, 0.05) is 0 Å². The largest absolute Gasteiger partial charge is 0.321 e. The molecule has 0 saturated heterocycles. The van der Waals surface area contributed by atoms with E-state index < -0.39 is 0 Å². The van der Waals surface area contributed by atoms with E-state index in [1.807, 2.05) is 6.08 Å². The van der Waals surface area contributed by atoms with E-state index in [4.69, 9.17) is 0 Å². The van der Waals surface area contributed by atoms with Gasteiger partial charge in [-0.1, -0.05) is 6.58 Å². The molecule has 0 aromatic rings. The van der Waals surface area contributed by atoms with Crippen molar-refractivity contribution in [2.45, 2.75) is 20.8 Å². The van der Waals surface area contributed by atoms with Crippen LogP contribution >= 0.6 is 0 Å². The molecule has 0 heterocycles. The van der Waals surface area contributed by atoms with Crippen LogP contribution in [0.4, 0.5) is 0 Å². The summed E-state index contributed by atoms with van der Waals surface area (Å²) in [5, 5.41) is 0. The van der Waals surface area contributed by atoms with E-state index in [1.165, 1.54) is 24.1 Å². The first kappa shape index (κ1) is 9.70. The maximum atomic E-state index is 3.77. The number of hydrogen-bond acceptors (Lipinski definition) is 0. The lowest BCUT2D eigenvalue weighted by Crippen LogP contribution is -2.47. The first-order chi connectivity index (χ1) is 4.74. The van der Waals surface area contributed by atoms with Crippen molar-refractivity contribution in [3.05, 3.63) is 12.7 Å². The number of rotatable bonds is 5. The van der Waals surface area contributed by atoms with Crippen LogP contribution in [0.15, 0.2) is 12.7 Å². The molecule has 0 rings (SSSR count). The average Bonchev–Trinajstić information content (AvgIpc) is 2.01. The fourth-order valence-corrected chi connectivity index (χ4v) is 1.33. The van der Waals surface area contributed by atoms with Crippen molar-refractivity contribution in [2.75, 3.05) is 26.2 Å². The maximum absolute atomic E-state index is 3.77. The van der Waals surface area contributed by atoms with E-state index in [0.717, 1.165) is 6.54 Å². The van der Waals surface area contributed by atoms with Crippen LogP contribution in [0, 0.1) is 0 Å². The highest BCUT2D eigenvalue weighted by molar-refractivity contribution is 4.65. The monoisotopic (exact) mass is 142 g/mol. The Morgan fingerprint density at radius 2 is 1.50 bits per heavy atom. The molecule has 0 bridgehead atoms. The van der Waals surface area contributed by atoms with Gasteiger partial charge in [-0.05, 0) is 26.8 Å². The van der Waals surface area contributed by atoms with Crippen LogP contribution < -0.4 is 0 Å². The minimum absolute atomic E-state index is 1.11. The normalized spacial score (nSPS) is 11.5. The molecule has 1 heteroatoms. The smallest absolute Gasteiger partial charge is 0.0970 e. The Hall–Kier alpha value is -0.300. The summed E-state index contributed by atoms with van der Waals surface area (Å²) in [5.41, 5.74) is 0. The third kappa shape index (κ3) is 2.14. The van der Waals surface area contributed by atoms with E-state index in [-0.39, 0.29) is 0 Å². The van der Waals surface area contributed by atoms with E-state index in [2.05, 4.69) is 27.4 Å². The predicted molar refractivity (Wildman–Crippen MR) is 46.9 cm³/mol. The van der Waals surface area contributed by atoms with Gasteiger partial charge in [-0.2, -0.15) is 0 Å². The molecule has 0 aromatic carbocycles. The zero-order valence-corrected chi connectivity index (χ0v) is 7.56. The Morgan fingerprint density at radius 3 is 1.60 bits per heavy atom. The standard InChI is InChI=1S/C9H20N/c1-5-9-10(6-2,7-3)8-4/h5H,1,6-9H2,2-4H3/q+1. The molecule has 1 nitrogen and oxygen atoms in total. The van der Waals surface area contributed by atoms with Crippen LogP contribution in [-0.2, 0) is 0 Å². The fourth-order valence-electron chi connectivity index (χ4n) is 1.33. The van der Waals surface area contributed by atoms with Gasteiger partial charge in [0.1, 0.15) is 0 Å². The van der Waals surface area contributed by atoms with Gasteiger partial charge in [-0.3, -0.25) is 0 Å². The highest BCUT2D eigenvalue weighted by Gasteiger charge is 2.17. The van der Waals surface area contributed by atoms with Crippen LogP contribution in [-0.4, -0.2) is 30.7 Å². The average molecular weight is 142 g/mol. The summed E-state index contributed by atoms with van der Waals surface area (Å²) >= 11 is 0. The van der Waals surface area contributed by atoms with Crippen molar-refractivity contribution >= 4 is 0 Å². The van der Waals surface area contributed by atoms with Crippen LogP contribution in [0.25, 0.3) is 0 Å². The molecule has 0 aliphatic rings. The third-order valence-electron chi connectivity index (χ3n) is 2.53. The summed E-state index contributed by atoms with van der Waals surface area (Å²) in [7, 11) is 0. The first-order valence-electron chi connectivity index (χ1n) is 4.20. The minimum Gasteiger partial charge on any atom is -0.321 e. The molecule has 0 N–H and O–H groups in total. The van der Waals surface area contributed by atoms with Gasteiger partial charge >= 0.3 is 0 Å². The second-order valence-electron chi connectivity index (χ2n) is 2.76. The van der Waals surface area contributed by atoms with Gasteiger partial charge in [-0.25, -0.2) is 0 Å². The molecule has 0 amide bonds. The minimum atomic E-state index is 1.11. The van der Waals surface area contributed by atoms with Gasteiger partial charge < -0.3 is 4.48 Å². The van der Waals surface area contributed by atoms with Crippen molar-refractivity contribution in [1.29, 1.82) is 0 Å². The molecule has 0 aliphatic carbocycles. The van der Waals surface area contributed by atoms with Gasteiger partial charge in [0.25, 0.3) is 0 Å². The van der Waals surface area contributed by atoms with Crippen LogP contribution in [0.1, 0.15) is 20.8 Å². The summed E-state index contributed by atoms with van der Waals surface area (Å²) in [5.74, 6) is 0. The lowest BCUT2D eigenvalue weighted by molar-refractivity contribution is -0.917. The summed E-state index contributed by atoms with van der Waals surface area (Å²) in [6, 6.07) is 0. The van der Waals surface area contributed by atoms with Crippen LogP contribution in [0.3, 0.4) is 0 Å². The number of nitrogens with zero attached hydrogens (tertiary/aromatic N) is 1. The van der Waals surface area contributed by atoms with E-state index in [0.29, 0.717) is 0 Å². The molecule has 0 aliphatic heterocycles. The lowest BCUT2D eigenvalue weighted by atomic mass is 10.3. The van der Waals surface area contributed by atoms with Gasteiger partial charge in [0.05, 0.1) is 26.2 Å². The van der Waals surface area contributed by atoms with Gasteiger partial charge in [0.2, 0.25) is 0 Å². The Balaban J connectivity index is 4.00. The zero-order valence-electron chi connectivity index (χ0n) is 7.56. The molecule has 0 spiro atoms. The molecule has 0 aromatic heterocycles. The number of hydrogen-bond donors (Lipinski definition) is 0. The fraction of sp³-hybridized carbons (Fsp3) is 0.778. The summed E-state index contributed by atoms with van der Waals surface area (Å²) < 4.78 is 1.18. The van der Waals surface area contributed by atoms with Crippen LogP contribution in [0.5, 0.6) is 0 Å². The quantitative estimate of drug-likeness (QED) is 0.407. The van der Waals surface area contributed by atoms with E-state index >= 15 is 0 Å². The number of quaternary nitrogens is 1. The first-order valence-corrected chi connectivity index (χ1v) is 4.20. The Labute approximate surface area is 64.9 Å². The second-order valence-corrected chi connectivity index (χ2v) is 2.76. The molecule has 0 saturated carbocycles. The highest BCUT2D eigenvalue weighted by atomic mass is 15.3. The lowest BCUT2D eigenvalue weighted by Gasteiger charge is -2.34. The van der Waals surface area contributed by atoms with Crippen molar-refractivity contribution < 1.29 is 4.48 Å². The third-order valence-corrected chi connectivity index (χ3v) is 2.53. The Bertz CT molecular complexity index is 84.6. The maximum Gasteiger partial charge on any atom is 0.0970 e. The molecule has 60 valence electrons. The van der Waals surface area contributed by atoms with Gasteiger partial charge in [-0.15, -0.1) is 0 Å². The summed E-state index contributed by atoms with van der Waals surface area (Å²) in [6.07, 6.45) is 2.02. The summed E-state index contributed by atoms with van der Waals surface area (Å²) in [6.45, 7) is 15.3. The molecular weight excluding hydrogens is 122 g/mol. The molecule has 0 radical (unpaired) electrons. The molecular formula is C9H20N+. The van der Waals surface area contributed by atoms with Gasteiger partial charge in [0.15, 0.2) is 0 Å². The summed E-state index contributed by atoms with van der Waals surface area (Å²) in [4.78, 5) is 0. The van der Waals surface area contributed by atoms with E-state index in [9.17, 15) is 0 Å². The molecule has 0 unspecified atom stereocenters. The Morgan fingerprint density at radius 1 is 1.10 bits per heavy atom. The SMILES string of the molecule is C=CC[N+](CC)(CC)CC. The molecule has 0 atom stereocenters. The van der Waals surface area contributed by atoms with Crippen molar-refractivity contribution in [3.63, 3.8) is 0 Å². The zero-order chi connectivity index (χ0) is 8.04. The second kappa shape index (κ2) is 4.51. The van der Waals surface area contributed by atoms with Crippen molar-refractivity contribution in [1.82, 2.24) is 0 Å². The molecule has 10 heavy (non-hydrogen) atoms. The predicted octanol–water partition coefficient (Wildman–Crippen LogP) is 2.05. The topological polar surface area (TPSA) is 0 Å². The number of likely N-dealkylation sites (N-methyl/N-ethyl adjacent to an activating group) is 1.